The maximum Gasteiger partial charge on any atom is 0.106 e. The molecule has 0 saturated carbocycles. The summed E-state index contributed by atoms with van der Waals surface area (Å²) < 4.78 is 1.68. The molecule has 0 aliphatic rings. The zero-order valence-electron chi connectivity index (χ0n) is 7.83. The summed E-state index contributed by atoms with van der Waals surface area (Å²) in [6.07, 6.45) is -1.11. The molecule has 1 rings (SSSR count). The van der Waals surface area contributed by atoms with Gasteiger partial charge in [-0.05, 0) is 30.2 Å². The van der Waals surface area contributed by atoms with Crippen molar-refractivity contribution >= 4 is 47.8 Å². The zero-order valence-corrected chi connectivity index (χ0v) is 12.6. The molecule has 0 spiro atoms. The zero-order chi connectivity index (χ0) is 11.4. The van der Waals surface area contributed by atoms with Gasteiger partial charge in [0.05, 0.1) is 6.10 Å². The van der Waals surface area contributed by atoms with Gasteiger partial charge in [-0.3, -0.25) is 0 Å². The Morgan fingerprint density at radius 3 is 2.47 bits per heavy atom. The molecule has 0 bridgehead atoms. The fourth-order valence-corrected chi connectivity index (χ4v) is 2.55. The van der Waals surface area contributed by atoms with Gasteiger partial charge in [-0.2, -0.15) is 0 Å². The van der Waals surface area contributed by atoms with E-state index < -0.39 is 12.2 Å². The van der Waals surface area contributed by atoms with Gasteiger partial charge in [0.1, 0.15) is 6.10 Å². The Morgan fingerprint density at radius 1 is 1.20 bits per heavy atom. The van der Waals surface area contributed by atoms with Crippen LogP contribution in [0, 0.1) is 0 Å². The van der Waals surface area contributed by atoms with Crippen molar-refractivity contribution < 1.29 is 10.2 Å². The lowest BCUT2D eigenvalue weighted by atomic mass is 10.0. The van der Waals surface area contributed by atoms with Crippen LogP contribution in [0.5, 0.6) is 0 Å². The number of hydrogen-bond acceptors (Lipinski definition) is 2. The van der Waals surface area contributed by atoms with Crippen molar-refractivity contribution in [1.29, 1.82) is 0 Å². The third-order valence-electron chi connectivity index (χ3n) is 2.05. The first-order chi connectivity index (χ1) is 7.06. The Labute approximate surface area is 114 Å². The Kier molecular flexibility index (Phi) is 5.77. The molecule has 2 nitrogen and oxygen atoms in total. The highest BCUT2D eigenvalue weighted by Gasteiger charge is 2.20. The summed E-state index contributed by atoms with van der Waals surface area (Å²) in [6.45, 7) is 0. The highest BCUT2D eigenvalue weighted by molar-refractivity contribution is 9.11. The molecule has 0 saturated heterocycles. The van der Waals surface area contributed by atoms with Crippen LogP contribution in [0.3, 0.4) is 0 Å². The minimum atomic E-state index is -0.866. The van der Waals surface area contributed by atoms with E-state index in [0.29, 0.717) is 17.3 Å². The molecule has 0 fully saturated rings. The Hall–Kier alpha value is 0.580. The molecule has 0 amide bonds. The van der Waals surface area contributed by atoms with E-state index in [4.69, 9.17) is 0 Å². The number of rotatable bonds is 4. The summed E-state index contributed by atoms with van der Waals surface area (Å²) in [6, 6.07) is 5.51. The molecule has 5 heteroatoms. The van der Waals surface area contributed by atoms with Crippen LogP contribution in [-0.2, 0) is 0 Å². The van der Waals surface area contributed by atoms with Gasteiger partial charge in [0.25, 0.3) is 0 Å². The highest BCUT2D eigenvalue weighted by Crippen LogP contribution is 2.29. The number of alkyl halides is 1. The Morgan fingerprint density at radius 2 is 1.87 bits per heavy atom. The number of aliphatic hydroxyl groups excluding tert-OH is 2. The van der Waals surface area contributed by atoms with Crippen LogP contribution in [0.15, 0.2) is 27.1 Å². The molecule has 0 heterocycles. The van der Waals surface area contributed by atoms with Crippen LogP contribution in [0.2, 0.25) is 0 Å². The number of aliphatic hydroxyl groups is 2. The van der Waals surface area contributed by atoms with Crippen molar-refractivity contribution in [1.82, 2.24) is 0 Å². The first kappa shape index (κ1) is 13.6. The lowest BCUT2D eigenvalue weighted by molar-refractivity contribution is 0.0169. The largest absolute Gasteiger partial charge is 0.390 e. The molecule has 0 aliphatic heterocycles. The molecule has 0 radical (unpaired) electrons. The van der Waals surface area contributed by atoms with Gasteiger partial charge >= 0.3 is 0 Å². The molecule has 84 valence electrons. The van der Waals surface area contributed by atoms with Crippen LogP contribution in [0.1, 0.15) is 18.1 Å². The van der Waals surface area contributed by atoms with E-state index in [9.17, 15) is 10.2 Å². The van der Waals surface area contributed by atoms with E-state index in [1.807, 2.05) is 12.1 Å². The average molecular weight is 403 g/mol. The maximum atomic E-state index is 9.90. The van der Waals surface area contributed by atoms with Crippen LogP contribution >= 0.6 is 47.8 Å². The summed E-state index contributed by atoms with van der Waals surface area (Å²) in [7, 11) is 0. The minimum Gasteiger partial charge on any atom is -0.390 e. The van der Waals surface area contributed by atoms with E-state index in [1.54, 1.807) is 6.07 Å². The smallest absolute Gasteiger partial charge is 0.106 e. The van der Waals surface area contributed by atoms with Crippen LogP contribution < -0.4 is 0 Å². The van der Waals surface area contributed by atoms with Crippen molar-refractivity contribution in [2.75, 3.05) is 5.33 Å². The van der Waals surface area contributed by atoms with Gasteiger partial charge in [-0.15, -0.1) is 0 Å². The summed E-state index contributed by atoms with van der Waals surface area (Å²) in [5.74, 6) is 0. The molecule has 2 unspecified atom stereocenters. The quantitative estimate of drug-likeness (QED) is 0.758. The summed E-state index contributed by atoms with van der Waals surface area (Å²) in [4.78, 5) is 0. The number of benzene rings is 1. The van der Waals surface area contributed by atoms with Gasteiger partial charge in [-0.1, -0.05) is 47.8 Å². The summed E-state index contributed by atoms with van der Waals surface area (Å²) in [5, 5.41) is 20.2. The topological polar surface area (TPSA) is 40.5 Å². The van der Waals surface area contributed by atoms with Gasteiger partial charge in [0.2, 0.25) is 0 Å². The summed E-state index contributed by atoms with van der Waals surface area (Å²) in [5.41, 5.74) is 0.692. The van der Waals surface area contributed by atoms with E-state index in [1.165, 1.54) is 0 Å². The fraction of sp³-hybridized carbons (Fsp3) is 0.400. The Bertz CT molecular complexity index is 330. The molecule has 0 aromatic heterocycles. The molecule has 1 aromatic rings. The second-order valence-electron chi connectivity index (χ2n) is 3.16. The molecular formula is C10H11Br3O2. The van der Waals surface area contributed by atoms with Crippen molar-refractivity contribution in [2.24, 2.45) is 0 Å². The van der Waals surface area contributed by atoms with E-state index >= 15 is 0 Å². The average Bonchev–Trinajstić information content (AvgIpc) is 2.21. The van der Waals surface area contributed by atoms with Crippen LogP contribution in [0.25, 0.3) is 0 Å². The molecule has 2 atom stereocenters. The van der Waals surface area contributed by atoms with Gasteiger partial charge < -0.3 is 10.2 Å². The maximum absolute atomic E-state index is 9.90. The summed E-state index contributed by atoms with van der Waals surface area (Å²) >= 11 is 9.91. The Balaban J connectivity index is 2.89. The van der Waals surface area contributed by atoms with E-state index in [-0.39, 0.29) is 0 Å². The van der Waals surface area contributed by atoms with Gasteiger partial charge in [-0.25, -0.2) is 0 Å². The van der Waals surface area contributed by atoms with Crippen molar-refractivity contribution in [3.63, 3.8) is 0 Å². The van der Waals surface area contributed by atoms with Crippen LogP contribution in [0.4, 0.5) is 0 Å². The first-order valence-corrected chi connectivity index (χ1v) is 7.14. The minimum absolute atomic E-state index is 0.514. The molecule has 2 N–H and O–H groups in total. The second kappa shape index (κ2) is 6.35. The van der Waals surface area contributed by atoms with E-state index in [2.05, 4.69) is 47.8 Å². The number of halogens is 3. The first-order valence-electron chi connectivity index (χ1n) is 4.43. The van der Waals surface area contributed by atoms with E-state index in [0.717, 1.165) is 8.95 Å². The van der Waals surface area contributed by atoms with Gasteiger partial charge in [0, 0.05) is 14.3 Å². The molecule has 15 heavy (non-hydrogen) atoms. The number of hydrogen-bond donors (Lipinski definition) is 2. The molecule has 0 aliphatic carbocycles. The van der Waals surface area contributed by atoms with Crippen LogP contribution in [-0.4, -0.2) is 21.6 Å². The third-order valence-corrected chi connectivity index (χ3v) is 3.72. The van der Waals surface area contributed by atoms with Crippen molar-refractivity contribution in [3.05, 3.63) is 32.7 Å². The van der Waals surface area contributed by atoms with Crippen molar-refractivity contribution in [3.8, 4) is 0 Å². The fourth-order valence-electron chi connectivity index (χ4n) is 1.22. The lowest BCUT2D eigenvalue weighted by Crippen LogP contribution is -2.19. The third kappa shape index (κ3) is 3.82. The highest BCUT2D eigenvalue weighted by atomic mass is 79.9. The van der Waals surface area contributed by atoms with Crippen molar-refractivity contribution in [2.45, 2.75) is 18.6 Å². The lowest BCUT2D eigenvalue weighted by Gasteiger charge is -2.18. The normalized spacial score (nSPS) is 15.0. The standard InChI is InChI=1S/C10H11Br3O2/c11-4-3-9(14)10(15)7-5-6(12)1-2-8(7)13/h1-2,5,9-10,14-15H,3-4H2. The predicted molar refractivity (Wildman–Crippen MR) is 71.2 cm³/mol. The SMILES string of the molecule is OC(CCBr)C(O)c1cc(Br)ccc1Br. The molecular weight excluding hydrogens is 392 g/mol. The monoisotopic (exact) mass is 400 g/mol. The molecule has 1 aromatic carbocycles. The second-order valence-corrected chi connectivity index (χ2v) is 5.72. The predicted octanol–water partition coefficient (Wildman–Crippen LogP) is 3.39. The van der Waals surface area contributed by atoms with Gasteiger partial charge in [0.15, 0.2) is 0 Å².